The van der Waals surface area contributed by atoms with Crippen molar-refractivity contribution in [2.75, 3.05) is 5.32 Å². The molecule has 2 aromatic heterocycles. The zero-order valence-corrected chi connectivity index (χ0v) is 15.6. The van der Waals surface area contributed by atoms with Crippen molar-refractivity contribution in [3.8, 4) is 0 Å². The van der Waals surface area contributed by atoms with Crippen molar-refractivity contribution in [3.63, 3.8) is 0 Å². The molecule has 1 aliphatic rings. The van der Waals surface area contributed by atoms with Crippen LogP contribution < -0.4 is 11.1 Å². The Morgan fingerprint density at radius 1 is 1.36 bits per heavy atom. The average Bonchev–Trinajstić information content (AvgIpc) is 2.91. The Morgan fingerprint density at radius 2 is 2.12 bits per heavy atom. The fraction of sp³-hybridized carbons (Fsp3) is 0.421. The van der Waals surface area contributed by atoms with E-state index in [1.54, 1.807) is 18.3 Å². The SMILES string of the molecule is CC(C)(C)C1CCc2c(sc(NC(=O)c3cccnc3)c2C(N)=O)C1. The lowest BCUT2D eigenvalue weighted by Gasteiger charge is -2.33. The predicted molar refractivity (Wildman–Crippen MR) is 100.0 cm³/mol. The van der Waals surface area contributed by atoms with Gasteiger partial charge < -0.3 is 11.1 Å². The van der Waals surface area contributed by atoms with Crippen LogP contribution in [0.4, 0.5) is 5.00 Å². The summed E-state index contributed by atoms with van der Waals surface area (Å²) >= 11 is 1.48. The molecule has 2 heterocycles. The number of thiophene rings is 1. The first kappa shape index (κ1) is 17.6. The molecule has 5 nitrogen and oxygen atoms in total. The van der Waals surface area contributed by atoms with Crippen molar-refractivity contribution in [2.45, 2.75) is 40.0 Å². The molecule has 25 heavy (non-hydrogen) atoms. The van der Waals surface area contributed by atoms with Crippen LogP contribution in [0.3, 0.4) is 0 Å². The molecule has 0 saturated heterocycles. The Bertz CT molecular complexity index is 806. The van der Waals surface area contributed by atoms with Gasteiger partial charge in [-0.05, 0) is 48.3 Å². The van der Waals surface area contributed by atoms with Crippen LogP contribution in [-0.2, 0) is 12.8 Å². The first-order valence-corrected chi connectivity index (χ1v) is 9.24. The summed E-state index contributed by atoms with van der Waals surface area (Å²) in [5.74, 6) is -0.198. The van der Waals surface area contributed by atoms with Crippen molar-refractivity contribution in [2.24, 2.45) is 17.1 Å². The van der Waals surface area contributed by atoms with Gasteiger partial charge in [-0.2, -0.15) is 0 Å². The molecule has 6 heteroatoms. The van der Waals surface area contributed by atoms with Crippen LogP contribution in [0.1, 0.15) is 58.3 Å². The van der Waals surface area contributed by atoms with Gasteiger partial charge in [-0.1, -0.05) is 20.8 Å². The van der Waals surface area contributed by atoms with Gasteiger partial charge in [0.2, 0.25) is 0 Å². The number of hydrogen-bond acceptors (Lipinski definition) is 4. The molecule has 1 unspecified atom stereocenters. The first-order chi connectivity index (χ1) is 11.8. The minimum Gasteiger partial charge on any atom is -0.365 e. The van der Waals surface area contributed by atoms with E-state index in [2.05, 4.69) is 31.1 Å². The van der Waals surface area contributed by atoms with E-state index in [0.717, 1.165) is 24.8 Å². The number of nitrogens with two attached hydrogens (primary N) is 1. The molecule has 2 amide bonds. The van der Waals surface area contributed by atoms with Crippen molar-refractivity contribution < 1.29 is 9.59 Å². The number of fused-ring (bicyclic) bond motifs is 1. The van der Waals surface area contributed by atoms with E-state index in [4.69, 9.17) is 5.73 Å². The minimum absolute atomic E-state index is 0.216. The number of nitrogens with zero attached hydrogens (tertiary/aromatic N) is 1. The van der Waals surface area contributed by atoms with E-state index in [-0.39, 0.29) is 11.3 Å². The third-order valence-corrected chi connectivity index (χ3v) is 6.06. The molecule has 2 aromatic rings. The van der Waals surface area contributed by atoms with Crippen molar-refractivity contribution in [3.05, 3.63) is 46.1 Å². The molecule has 3 rings (SSSR count). The summed E-state index contributed by atoms with van der Waals surface area (Å²) in [6, 6.07) is 3.40. The number of rotatable bonds is 3. The molecular formula is C19H23N3O2S. The van der Waals surface area contributed by atoms with Crippen LogP contribution in [0.25, 0.3) is 0 Å². The summed E-state index contributed by atoms with van der Waals surface area (Å²) < 4.78 is 0. The normalized spacial score (nSPS) is 17.0. The van der Waals surface area contributed by atoms with Crippen LogP contribution in [0.15, 0.2) is 24.5 Å². The number of pyridine rings is 1. The summed E-state index contributed by atoms with van der Waals surface area (Å²) in [6.07, 6.45) is 5.90. The van der Waals surface area contributed by atoms with E-state index in [1.165, 1.54) is 22.4 Å². The molecule has 0 bridgehead atoms. The van der Waals surface area contributed by atoms with Crippen LogP contribution in [-0.4, -0.2) is 16.8 Å². The lowest BCUT2D eigenvalue weighted by atomic mass is 9.72. The number of aromatic nitrogens is 1. The fourth-order valence-corrected chi connectivity index (χ4v) is 4.67. The molecule has 0 saturated carbocycles. The van der Waals surface area contributed by atoms with Gasteiger partial charge in [0.15, 0.2) is 0 Å². The molecule has 0 fully saturated rings. The Labute approximate surface area is 151 Å². The van der Waals surface area contributed by atoms with E-state index >= 15 is 0 Å². The van der Waals surface area contributed by atoms with Crippen molar-refractivity contribution >= 4 is 28.2 Å². The molecule has 0 aliphatic heterocycles. The lowest BCUT2D eigenvalue weighted by molar-refractivity contribution is 0.1000. The second-order valence-electron chi connectivity index (χ2n) is 7.57. The summed E-state index contributed by atoms with van der Waals surface area (Å²) in [7, 11) is 0. The molecule has 132 valence electrons. The second kappa shape index (κ2) is 6.59. The zero-order chi connectivity index (χ0) is 18.2. The standard InChI is InChI=1S/C19H23N3O2S/c1-19(2,3)12-6-7-13-14(9-12)25-18(15(13)16(20)23)22-17(24)11-5-4-8-21-10-11/h4-5,8,10,12H,6-7,9H2,1-3H3,(H2,20,23)(H,22,24). The van der Waals surface area contributed by atoms with Crippen LogP contribution in [0.5, 0.6) is 0 Å². The molecule has 0 aromatic carbocycles. The number of carbonyl (C=O) groups excluding carboxylic acids is 2. The van der Waals surface area contributed by atoms with Gasteiger partial charge in [0, 0.05) is 17.3 Å². The summed E-state index contributed by atoms with van der Waals surface area (Å²) in [6.45, 7) is 6.74. The quantitative estimate of drug-likeness (QED) is 0.879. The highest BCUT2D eigenvalue weighted by Gasteiger charge is 2.33. The van der Waals surface area contributed by atoms with Gasteiger partial charge >= 0.3 is 0 Å². The highest BCUT2D eigenvalue weighted by molar-refractivity contribution is 7.17. The third kappa shape index (κ3) is 3.58. The molecular weight excluding hydrogens is 334 g/mol. The summed E-state index contributed by atoms with van der Waals surface area (Å²) in [5.41, 5.74) is 7.78. The van der Waals surface area contributed by atoms with E-state index in [0.29, 0.717) is 22.0 Å². The van der Waals surface area contributed by atoms with Gasteiger partial charge in [-0.3, -0.25) is 14.6 Å². The fourth-order valence-electron chi connectivity index (χ4n) is 3.35. The van der Waals surface area contributed by atoms with Gasteiger partial charge in [-0.15, -0.1) is 11.3 Å². The van der Waals surface area contributed by atoms with Gasteiger partial charge in [0.1, 0.15) is 5.00 Å². The van der Waals surface area contributed by atoms with E-state index < -0.39 is 5.91 Å². The molecule has 0 spiro atoms. The third-order valence-electron chi connectivity index (χ3n) is 4.89. The van der Waals surface area contributed by atoms with Gasteiger partial charge in [0.05, 0.1) is 11.1 Å². The maximum absolute atomic E-state index is 12.4. The molecule has 3 N–H and O–H groups in total. The average molecular weight is 357 g/mol. The number of nitrogens with one attached hydrogen (secondary N) is 1. The van der Waals surface area contributed by atoms with Crippen LogP contribution in [0.2, 0.25) is 0 Å². The Kier molecular flexibility index (Phi) is 4.64. The highest BCUT2D eigenvalue weighted by atomic mass is 32.1. The predicted octanol–water partition coefficient (Wildman–Crippen LogP) is 3.65. The largest absolute Gasteiger partial charge is 0.365 e. The minimum atomic E-state index is -0.479. The van der Waals surface area contributed by atoms with Crippen LogP contribution in [0, 0.1) is 11.3 Å². The van der Waals surface area contributed by atoms with E-state index in [1.807, 2.05) is 0 Å². The topological polar surface area (TPSA) is 85.1 Å². The van der Waals surface area contributed by atoms with Crippen molar-refractivity contribution in [1.29, 1.82) is 0 Å². The smallest absolute Gasteiger partial charge is 0.257 e. The number of hydrogen-bond donors (Lipinski definition) is 2. The summed E-state index contributed by atoms with van der Waals surface area (Å²) in [5, 5.41) is 3.41. The lowest BCUT2D eigenvalue weighted by Crippen LogP contribution is -2.27. The Morgan fingerprint density at radius 3 is 2.72 bits per heavy atom. The molecule has 1 atom stereocenters. The monoisotopic (exact) mass is 357 g/mol. The van der Waals surface area contributed by atoms with E-state index in [9.17, 15) is 9.59 Å². The Hall–Kier alpha value is -2.21. The number of primary amides is 1. The van der Waals surface area contributed by atoms with Gasteiger partial charge in [0.25, 0.3) is 11.8 Å². The maximum Gasteiger partial charge on any atom is 0.257 e. The molecule has 1 aliphatic carbocycles. The second-order valence-corrected chi connectivity index (χ2v) is 8.68. The Balaban J connectivity index is 1.92. The maximum atomic E-state index is 12.4. The number of carbonyl (C=O) groups is 2. The van der Waals surface area contributed by atoms with Gasteiger partial charge in [-0.25, -0.2) is 0 Å². The molecule has 0 radical (unpaired) electrons. The summed E-state index contributed by atoms with van der Waals surface area (Å²) in [4.78, 5) is 29.6. The highest BCUT2D eigenvalue weighted by Crippen LogP contribution is 2.44. The zero-order valence-electron chi connectivity index (χ0n) is 14.8. The first-order valence-electron chi connectivity index (χ1n) is 8.43. The van der Waals surface area contributed by atoms with Crippen molar-refractivity contribution in [1.82, 2.24) is 4.98 Å². The number of amides is 2. The number of anilines is 1. The van der Waals surface area contributed by atoms with Crippen LogP contribution >= 0.6 is 11.3 Å².